The van der Waals surface area contributed by atoms with Crippen molar-refractivity contribution in [3.05, 3.63) is 12.4 Å². The van der Waals surface area contributed by atoms with Gasteiger partial charge in [0.25, 0.3) is 0 Å². The summed E-state index contributed by atoms with van der Waals surface area (Å²) < 4.78 is 1.86. The maximum absolute atomic E-state index is 11.3. The van der Waals surface area contributed by atoms with Gasteiger partial charge in [-0.3, -0.25) is 9.69 Å². The normalized spacial score (nSPS) is 17.4. The minimum Gasteiger partial charge on any atom is -0.320 e. The maximum Gasteiger partial charge on any atom is 0.229 e. The van der Waals surface area contributed by atoms with Crippen LogP contribution in [0.3, 0.4) is 0 Å². The topological polar surface area (TPSA) is 38.1 Å². The zero-order valence-electron chi connectivity index (χ0n) is 7.03. The molecule has 4 nitrogen and oxygen atoms in total. The summed E-state index contributed by atoms with van der Waals surface area (Å²) in [6, 6.07) is 0. The Hall–Kier alpha value is -1.32. The molecule has 1 fully saturated rings. The van der Waals surface area contributed by atoms with Gasteiger partial charge in [0.2, 0.25) is 11.9 Å². The molecular formula is C8H11N3O. The van der Waals surface area contributed by atoms with Crippen LogP contribution in [0.2, 0.25) is 0 Å². The molecule has 1 aliphatic heterocycles. The summed E-state index contributed by atoms with van der Waals surface area (Å²) in [5.74, 6) is 0.946. The lowest BCUT2D eigenvalue weighted by Gasteiger charge is -2.13. The molecule has 1 aromatic rings. The number of anilines is 1. The van der Waals surface area contributed by atoms with Crippen LogP contribution in [0.25, 0.3) is 0 Å². The lowest BCUT2D eigenvalue weighted by atomic mass is 10.4. The third-order valence-electron chi connectivity index (χ3n) is 2.11. The summed E-state index contributed by atoms with van der Waals surface area (Å²) in [6.07, 6.45) is 5.17. The van der Waals surface area contributed by atoms with Crippen molar-refractivity contribution in [1.82, 2.24) is 9.55 Å². The van der Waals surface area contributed by atoms with E-state index in [0.717, 1.165) is 18.9 Å². The summed E-state index contributed by atoms with van der Waals surface area (Å²) in [4.78, 5) is 17.1. The highest BCUT2D eigenvalue weighted by Gasteiger charge is 2.24. The lowest BCUT2D eigenvalue weighted by molar-refractivity contribution is -0.117. The molecule has 0 bridgehead atoms. The molecule has 2 rings (SSSR count). The molecule has 0 aliphatic carbocycles. The predicted molar refractivity (Wildman–Crippen MR) is 44.8 cm³/mol. The van der Waals surface area contributed by atoms with Gasteiger partial charge in [-0.1, -0.05) is 0 Å². The largest absolute Gasteiger partial charge is 0.320 e. The molecule has 0 N–H and O–H groups in total. The Kier molecular flexibility index (Phi) is 1.60. The molecule has 1 saturated heterocycles. The molecule has 2 heterocycles. The van der Waals surface area contributed by atoms with Gasteiger partial charge >= 0.3 is 0 Å². The molecule has 0 radical (unpaired) electrons. The summed E-state index contributed by atoms with van der Waals surface area (Å²) in [5.41, 5.74) is 0. The van der Waals surface area contributed by atoms with Crippen molar-refractivity contribution in [1.29, 1.82) is 0 Å². The standard InChI is InChI=1S/C8H11N3O/c1-10-6-4-9-8(10)11-5-2-3-7(11)12/h4,6H,2-3,5H2,1H3. The highest BCUT2D eigenvalue weighted by atomic mass is 16.2. The minimum absolute atomic E-state index is 0.185. The predicted octanol–water partition coefficient (Wildman–Crippen LogP) is 0.547. The van der Waals surface area contributed by atoms with Crippen molar-refractivity contribution in [3.63, 3.8) is 0 Å². The number of aromatic nitrogens is 2. The highest BCUT2D eigenvalue weighted by molar-refractivity contribution is 5.93. The van der Waals surface area contributed by atoms with Gasteiger partial charge in [0, 0.05) is 32.4 Å². The van der Waals surface area contributed by atoms with E-state index in [1.54, 1.807) is 11.1 Å². The highest BCUT2D eigenvalue weighted by Crippen LogP contribution is 2.17. The number of rotatable bonds is 1. The van der Waals surface area contributed by atoms with E-state index in [0.29, 0.717) is 6.42 Å². The molecule has 0 saturated carbocycles. The van der Waals surface area contributed by atoms with Crippen LogP contribution < -0.4 is 4.90 Å². The molecule has 0 atom stereocenters. The second kappa shape index (κ2) is 2.62. The van der Waals surface area contributed by atoms with Crippen molar-refractivity contribution < 1.29 is 4.79 Å². The Balaban J connectivity index is 2.30. The monoisotopic (exact) mass is 165 g/mol. The average molecular weight is 165 g/mol. The summed E-state index contributed by atoms with van der Waals surface area (Å²) in [6.45, 7) is 0.809. The minimum atomic E-state index is 0.185. The first-order valence-electron chi connectivity index (χ1n) is 4.07. The fourth-order valence-corrected chi connectivity index (χ4v) is 1.48. The Morgan fingerprint density at radius 3 is 2.92 bits per heavy atom. The van der Waals surface area contributed by atoms with E-state index in [1.807, 2.05) is 17.8 Å². The van der Waals surface area contributed by atoms with Crippen LogP contribution in [0, 0.1) is 0 Å². The number of carbonyl (C=O) groups is 1. The number of carbonyl (C=O) groups excluding carboxylic acids is 1. The lowest BCUT2D eigenvalue weighted by Crippen LogP contribution is -2.26. The van der Waals surface area contributed by atoms with Crippen molar-refractivity contribution in [3.8, 4) is 0 Å². The average Bonchev–Trinajstić information content (AvgIpc) is 2.59. The second-order valence-corrected chi connectivity index (χ2v) is 2.99. The van der Waals surface area contributed by atoms with E-state index >= 15 is 0 Å². The molecule has 1 aromatic heterocycles. The van der Waals surface area contributed by atoms with Crippen LogP contribution in [0.1, 0.15) is 12.8 Å². The quantitative estimate of drug-likeness (QED) is 0.609. The van der Waals surface area contributed by atoms with Crippen molar-refractivity contribution >= 4 is 11.9 Å². The second-order valence-electron chi connectivity index (χ2n) is 2.99. The Morgan fingerprint density at radius 1 is 1.58 bits per heavy atom. The molecule has 64 valence electrons. The number of aryl methyl sites for hydroxylation is 1. The molecule has 0 spiro atoms. The van der Waals surface area contributed by atoms with Gasteiger partial charge in [-0.15, -0.1) is 0 Å². The number of imidazole rings is 1. The number of hydrogen-bond acceptors (Lipinski definition) is 2. The van der Waals surface area contributed by atoms with Crippen LogP contribution >= 0.6 is 0 Å². The van der Waals surface area contributed by atoms with Gasteiger partial charge in [0.1, 0.15) is 0 Å². The van der Waals surface area contributed by atoms with Crippen molar-refractivity contribution in [2.45, 2.75) is 12.8 Å². The van der Waals surface area contributed by atoms with Crippen LogP contribution in [0.4, 0.5) is 5.95 Å². The van der Waals surface area contributed by atoms with Crippen LogP contribution in [0.5, 0.6) is 0 Å². The third-order valence-corrected chi connectivity index (χ3v) is 2.11. The zero-order chi connectivity index (χ0) is 8.55. The molecule has 1 amide bonds. The number of nitrogens with zero attached hydrogens (tertiary/aromatic N) is 3. The summed E-state index contributed by atoms with van der Waals surface area (Å²) >= 11 is 0. The fraction of sp³-hybridized carbons (Fsp3) is 0.500. The first-order valence-corrected chi connectivity index (χ1v) is 4.07. The van der Waals surface area contributed by atoms with E-state index < -0.39 is 0 Å². The molecule has 0 aromatic carbocycles. The molecule has 1 aliphatic rings. The molecule has 0 unspecified atom stereocenters. The third kappa shape index (κ3) is 0.995. The van der Waals surface area contributed by atoms with Gasteiger partial charge < -0.3 is 4.57 Å². The molecule has 12 heavy (non-hydrogen) atoms. The first-order chi connectivity index (χ1) is 5.79. The Labute approximate surface area is 70.8 Å². The van der Waals surface area contributed by atoms with Gasteiger partial charge in [-0.25, -0.2) is 4.98 Å². The maximum atomic E-state index is 11.3. The summed E-state index contributed by atoms with van der Waals surface area (Å²) in [5, 5.41) is 0. The first kappa shape index (κ1) is 7.34. The van der Waals surface area contributed by atoms with E-state index in [2.05, 4.69) is 4.98 Å². The SMILES string of the molecule is Cn1ccnc1N1CCCC1=O. The van der Waals surface area contributed by atoms with Gasteiger partial charge in [-0.05, 0) is 6.42 Å². The number of hydrogen-bond donors (Lipinski definition) is 0. The summed E-state index contributed by atoms with van der Waals surface area (Å²) in [7, 11) is 1.90. The van der Waals surface area contributed by atoms with E-state index in [1.165, 1.54) is 0 Å². The van der Waals surface area contributed by atoms with Crippen LogP contribution in [0.15, 0.2) is 12.4 Å². The van der Waals surface area contributed by atoms with E-state index in [-0.39, 0.29) is 5.91 Å². The van der Waals surface area contributed by atoms with E-state index in [4.69, 9.17) is 0 Å². The molecular weight excluding hydrogens is 154 g/mol. The Morgan fingerprint density at radius 2 is 2.42 bits per heavy atom. The number of amides is 1. The van der Waals surface area contributed by atoms with Gasteiger partial charge in [0.05, 0.1) is 0 Å². The Bertz CT molecular complexity index is 305. The van der Waals surface area contributed by atoms with Crippen molar-refractivity contribution in [2.24, 2.45) is 7.05 Å². The van der Waals surface area contributed by atoms with Gasteiger partial charge in [-0.2, -0.15) is 0 Å². The zero-order valence-corrected chi connectivity index (χ0v) is 7.03. The fourth-order valence-electron chi connectivity index (χ4n) is 1.48. The van der Waals surface area contributed by atoms with E-state index in [9.17, 15) is 4.79 Å². The van der Waals surface area contributed by atoms with Crippen molar-refractivity contribution in [2.75, 3.05) is 11.4 Å². The van der Waals surface area contributed by atoms with Crippen LogP contribution in [-0.2, 0) is 11.8 Å². The smallest absolute Gasteiger partial charge is 0.229 e. The molecule has 4 heteroatoms. The van der Waals surface area contributed by atoms with Crippen LogP contribution in [-0.4, -0.2) is 22.0 Å². The van der Waals surface area contributed by atoms with Gasteiger partial charge in [0.15, 0.2) is 0 Å².